The molecule has 3 rings (SSSR count). The lowest BCUT2D eigenvalue weighted by Crippen LogP contribution is -2.34. The van der Waals surface area contributed by atoms with Gasteiger partial charge in [0, 0.05) is 31.2 Å². The van der Waals surface area contributed by atoms with E-state index < -0.39 is 5.97 Å². The number of fused-ring (bicyclic) bond motifs is 2. The number of aliphatic carboxylic acids is 1. The van der Waals surface area contributed by atoms with Crippen LogP contribution in [-0.2, 0) is 10.2 Å². The number of carboxylic acid groups (broad SMARTS) is 1. The van der Waals surface area contributed by atoms with E-state index in [1.807, 2.05) is 24.1 Å². The predicted molar refractivity (Wildman–Crippen MR) is 70.1 cm³/mol. The summed E-state index contributed by atoms with van der Waals surface area (Å²) >= 11 is 0. The van der Waals surface area contributed by atoms with Crippen LogP contribution in [0, 0.1) is 0 Å². The third-order valence-corrected chi connectivity index (χ3v) is 4.38. The summed E-state index contributed by atoms with van der Waals surface area (Å²) in [5, 5.41) is 9.29. The molecular weight excluding hydrogens is 228 g/mol. The van der Waals surface area contributed by atoms with Crippen LogP contribution in [-0.4, -0.2) is 49.2 Å². The number of nitrogens with zero attached hydrogens (tertiary/aromatic N) is 2. The summed E-state index contributed by atoms with van der Waals surface area (Å²) in [6.45, 7) is 1.74. The van der Waals surface area contributed by atoms with Crippen molar-refractivity contribution in [3.63, 3.8) is 0 Å². The topological polar surface area (TPSA) is 43.8 Å². The van der Waals surface area contributed by atoms with Crippen LogP contribution in [0.1, 0.15) is 12.0 Å². The Labute approximate surface area is 107 Å². The highest BCUT2D eigenvalue weighted by Gasteiger charge is 2.51. The largest absolute Gasteiger partial charge is 0.480 e. The van der Waals surface area contributed by atoms with Crippen LogP contribution in [0.4, 0.5) is 5.69 Å². The van der Waals surface area contributed by atoms with Crippen molar-refractivity contribution in [2.75, 3.05) is 32.1 Å². The van der Waals surface area contributed by atoms with Gasteiger partial charge in [0.25, 0.3) is 0 Å². The first kappa shape index (κ1) is 11.5. The molecule has 1 fully saturated rings. The second-order valence-electron chi connectivity index (χ2n) is 5.63. The number of carbonyl (C=O) groups is 1. The van der Waals surface area contributed by atoms with Crippen LogP contribution in [0.2, 0.25) is 0 Å². The number of rotatable bonds is 1. The Morgan fingerprint density at radius 1 is 1.33 bits per heavy atom. The fraction of sp³-hybridized carbons (Fsp3) is 0.500. The first-order valence-corrected chi connectivity index (χ1v) is 6.27. The van der Waals surface area contributed by atoms with E-state index in [-0.39, 0.29) is 11.5 Å². The Hall–Kier alpha value is -1.55. The van der Waals surface area contributed by atoms with Crippen LogP contribution in [0.5, 0.6) is 0 Å². The van der Waals surface area contributed by atoms with E-state index in [0.717, 1.165) is 13.1 Å². The van der Waals surface area contributed by atoms with Crippen LogP contribution < -0.4 is 4.90 Å². The first-order valence-electron chi connectivity index (χ1n) is 6.27. The summed E-state index contributed by atoms with van der Waals surface area (Å²) < 4.78 is 0. The van der Waals surface area contributed by atoms with Crippen molar-refractivity contribution in [2.24, 2.45) is 0 Å². The molecule has 96 valence electrons. The third-order valence-electron chi connectivity index (χ3n) is 4.38. The molecule has 2 aliphatic rings. The molecule has 1 saturated heterocycles. The van der Waals surface area contributed by atoms with Crippen molar-refractivity contribution >= 4 is 11.7 Å². The lowest BCUT2D eigenvalue weighted by Gasteiger charge is -2.24. The van der Waals surface area contributed by atoms with E-state index >= 15 is 0 Å². The van der Waals surface area contributed by atoms with Crippen molar-refractivity contribution in [2.45, 2.75) is 17.9 Å². The third kappa shape index (κ3) is 1.45. The molecule has 0 amide bonds. The number of anilines is 1. The summed E-state index contributed by atoms with van der Waals surface area (Å²) in [4.78, 5) is 15.5. The molecule has 0 radical (unpaired) electrons. The summed E-state index contributed by atoms with van der Waals surface area (Å²) in [6, 6.07) is 8.01. The molecule has 1 N–H and O–H groups in total. The zero-order valence-corrected chi connectivity index (χ0v) is 10.8. The van der Waals surface area contributed by atoms with E-state index in [1.54, 1.807) is 0 Å². The molecule has 1 aromatic carbocycles. The molecule has 4 heteroatoms. The van der Waals surface area contributed by atoms with Gasteiger partial charge in [0.1, 0.15) is 6.04 Å². The average Bonchev–Trinajstić information content (AvgIpc) is 2.80. The van der Waals surface area contributed by atoms with Gasteiger partial charge in [-0.15, -0.1) is 0 Å². The minimum absolute atomic E-state index is 0.0108. The fourth-order valence-electron chi connectivity index (χ4n) is 3.64. The number of carboxylic acids is 1. The zero-order chi connectivity index (χ0) is 12.9. The summed E-state index contributed by atoms with van der Waals surface area (Å²) in [5.74, 6) is -0.707. The molecule has 2 atom stereocenters. The SMILES string of the molecule is CN1CC2(CC(C(=O)O)N(C)C2)c2ccccc21. The van der Waals surface area contributed by atoms with Crippen LogP contribution in [0.3, 0.4) is 0 Å². The normalized spacial score (nSPS) is 31.0. The van der Waals surface area contributed by atoms with Crippen molar-refractivity contribution in [1.82, 2.24) is 4.90 Å². The second-order valence-corrected chi connectivity index (χ2v) is 5.63. The van der Waals surface area contributed by atoms with E-state index in [0.29, 0.717) is 6.42 Å². The quantitative estimate of drug-likeness (QED) is 0.807. The van der Waals surface area contributed by atoms with Gasteiger partial charge in [0.2, 0.25) is 0 Å². The molecule has 4 nitrogen and oxygen atoms in total. The molecule has 2 aliphatic heterocycles. The summed E-state index contributed by atoms with van der Waals surface area (Å²) in [6.07, 6.45) is 0.709. The smallest absolute Gasteiger partial charge is 0.320 e. The van der Waals surface area contributed by atoms with Gasteiger partial charge in [0.15, 0.2) is 0 Å². The lowest BCUT2D eigenvalue weighted by molar-refractivity contribution is -0.141. The maximum Gasteiger partial charge on any atom is 0.320 e. The second kappa shape index (κ2) is 3.72. The van der Waals surface area contributed by atoms with Crippen molar-refractivity contribution in [3.05, 3.63) is 29.8 Å². The molecule has 0 aliphatic carbocycles. The Balaban J connectivity index is 2.02. The van der Waals surface area contributed by atoms with Gasteiger partial charge < -0.3 is 10.0 Å². The molecule has 0 saturated carbocycles. The van der Waals surface area contributed by atoms with Gasteiger partial charge in [-0.25, -0.2) is 0 Å². The first-order chi connectivity index (χ1) is 8.53. The molecular formula is C14H18N2O2. The monoisotopic (exact) mass is 246 g/mol. The Morgan fingerprint density at radius 3 is 2.72 bits per heavy atom. The minimum Gasteiger partial charge on any atom is -0.480 e. The highest BCUT2D eigenvalue weighted by Crippen LogP contribution is 2.47. The Kier molecular flexibility index (Phi) is 2.38. The molecule has 1 aromatic rings. The van der Waals surface area contributed by atoms with Crippen molar-refractivity contribution < 1.29 is 9.90 Å². The number of likely N-dealkylation sites (N-methyl/N-ethyl adjacent to an activating group) is 2. The predicted octanol–water partition coefficient (Wildman–Crippen LogP) is 1.16. The highest BCUT2D eigenvalue weighted by molar-refractivity contribution is 5.75. The lowest BCUT2D eigenvalue weighted by atomic mass is 9.80. The van der Waals surface area contributed by atoms with Crippen LogP contribution >= 0.6 is 0 Å². The van der Waals surface area contributed by atoms with Crippen LogP contribution in [0.15, 0.2) is 24.3 Å². The van der Waals surface area contributed by atoms with Crippen molar-refractivity contribution in [3.8, 4) is 0 Å². The fourth-order valence-corrected chi connectivity index (χ4v) is 3.64. The molecule has 18 heavy (non-hydrogen) atoms. The van der Waals surface area contributed by atoms with Gasteiger partial charge in [-0.05, 0) is 25.1 Å². The molecule has 2 heterocycles. The minimum atomic E-state index is -0.707. The maximum atomic E-state index is 11.3. The van der Waals surface area contributed by atoms with E-state index in [2.05, 4.69) is 24.1 Å². The van der Waals surface area contributed by atoms with Crippen molar-refractivity contribution in [1.29, 1.82) is 0 Å². The van der Waals surface area contributed by atoms with Gasteiger partial charge in [0.05, 0.1) is 0 Å². The molecule has 2 unspecified atom stereocenters. The molecule has 0 aromatic heterocycles. The van der Waals surface area contributed by atoms with Crippen LogP contribution in [0.25, 0.3) is 0 Å². The highest BCUT2D eigenvalue weighted by atomic mass is 16.4. The number of hydrogen-bond donors (Lipinski definition) is 1. The van der Waals surface area contributed by atoms with Gasteiger partial charge in [-0.3, -0.25) is 9.69 Å². The Morgan fingerprint density at radius 2 is 2.06 bits per heavy atom. The van der Waals surface area contributed by atoms with Gasteiger partial charge in [-0.1, -0.05) is 18.2 Å². The van der Waals surface area contributed by atoms with Gasteiger partial charge in [-0.2, -0.15) is 0 Å². The molecule has 1 spiro atoms. The summed E-state index contributed by atoms with van der Waals surface area (Å²) in [7, 11) is 4.00. The number of hydrogen-bond acceptors (Lipinski definition) is 3. The maximum absolute atomic E-state index is 11.3. The van der Waals surface area contributed by atoms with Gasteiger partial charge >= 0.3 is 5.97 Å². The van der Waals surface area contributed by atoms with E-state index in [4.69, 9.17) is 0 Å². The number of para-hydroxylation sites is 1. The Bertz CT molecular complexity index is 502. The van der Waals surface area contributed by atoms with E-state index in [1.165, 1.54) is 11.3 Å². The number of likely N-dealkylation sites (tertiary alicyclic amines) is 1. The standard InChI is InChI=1S/C14H18N2O2/c1-15-8-14(10-5-3-4-6-11(10)15)7-12(13(17)18)16(2)9-14/h3-6,12H,7-9H2,1-2H3,(H,17,18). The number of benzene rings is 1. The van der Waals surface area contributed by atoms with E-state index in [9.17, 15) is 9.90 Å². The summed E-state index contributed by atoms with van der Waals surface area (Å²) in [5.41, 5.74) is 2.54. The zero-order valence-electron chi connectivity index (χ0n) is 10.8. The molecule has 0 bridgehead atoms. The average molecular weight is 246 g/mol.